The van der Waals surface area contributed by atoms with Gasteiger partial charge in [0.05, 0.1) is 11.0 Å². The molecule has 3 aromatic heterocycles. The largest absolute Gasteiger partial charge is 0.455 e. The van der Waals surface area contributed by atoms with Crippen LogP contribution in [0.25, 0.3) is 105 Å². The van der Waals surface area contributed by atoms with Gasteiger partial charge in [-0.25, -0.2) is 0 Å². The molecule has 0 saturated heterocycles. The van der Waals surface area contributed by atoms with Crippen molar-refractivity contribution >= 4 is 65.7 Å². The van der Waals surface area contributed by atoms with Crippen LogP contribution in [0.15, 0.2) is 185 Å². The molecule has 3 nitrogen and oxygen atoms in total. The van der Waals surface area contributed by atoms with Crippen molar-refractivity contribution in [1.29, 1.82) is 0 Å². The van der Waals surface area contributed by atoms with Crippen molar-refractivity contribution in [2.75, 3.05) is 0 Å². The summed E-state index contributed by atoms with van der Waals surface area (Å²) in [5.74, 6) is 0. The number of hydrogen-bond donors (Lipinski definition) is 0. The number of furan rings is 2. The van der Waals surface area contributed by atoms with Crippen LogP contribution in [0.3, 0.4) is 0 Å². The second kappa shape index (κ2) is 10.8. The maximum atomic E-state index is 6.49. The van der Waals surface area contributed by atoms with Gasteiger partial charge >= 0.3 is 0 Å². The van der Waals surface area contributed by atoms with E-state index in [4.69, 9.17) is 8.83 Å². The summed E-state index contributed by atoms with van der Waals surface area (Å²) in [6, 6.07) is 62.6. The van der Waals surface area contributed by atoms with E-state index < -0.39 is 0 Å². The van der Waals surface area contributed by atoms with Crippen LogP contribution in [-0.2, 0) is 0 Å². The number of aromatic nitrogens is 1. The van der Waals surface area contributed by atoms with Gasteiger partial charge in [0.25, 0.3) is 0 Å². The Labute approximate surface area is 293 Å². The first-order valence-corrected chi connectivity index (χ1v) is 17.3. The van der Waals surface area contributed by atoms with Gasteiger partial charge in [-0.05, 0) is 58.7 Å². The summed E-state index contributed by atoms with van der Waals surface area (Å²) in [5.41, 5.74) is 13.8. The van der Waals surface area contributed by atoms with Gasteiger partial charge in [0.2, 0.25) is 0 Å². The van der Waals surface area contributed by atoms with Gasteiger partial charge in [-0.3, -0.25) is 0 Å². The summed E-state index contributed by atoms with van der Waals surface area (Å²) in [6.07, 6.45) is 0. The van der Waals surface area contributed by atoms with Crippen molar-refractivity contribution in [3.8, 4) is 39.1 Å². The zero-order valence-corrected chi connectivity index (χ0v) is 27.5. The first-order valence-electron chi connectivity index (χ1n) is 17.3. The summed E-state index contributed by atoms with van der Waals surface area (Å²) in [6.45, 7) is 0. The average molecular weight is 652 g/mol. The molecular weight excluding hydrogens is 623 g/mol. The molecule has 3 heteroatoms. The van der Waals surface area contributed by atoms with E-state index in [-0.39, 0.29) is 0 Å². The normalized spacial score (nSPS) is 11.9. The summed E-state index contributed by atoms with van der Waals surface area (Å²) < 4.78 is 15.4. The highest BCUT2D eigenvalue weighted by molar-refractivity contribution is 6.15. The smallest absolute Gasteiger partial charge is 0.143 e. The lowest BCUT2D eigenvalue weighted by Gasteiger charge is -2.11. The molecule has 0 aliphatic carbocycles. The van der Waals surface area contributed by atoms with Crippen molar-refractivity contribution in [3.05, 3.63) is 176 Å². The Morgan fingerprint density at radius 3 is 1.31 bits per heavy atom. The van der Waals surface area contributed by atoms with Crippen LogP contribution in [0.5, 0.6) is 0 Å². The molecule has 0 unspecified atom stereocenters. The molecule has 0 fully saturated rings. The van der Waals surface area contributed by atoms with E-state index in [1.165, 1.54) is 21.9 Å². The predicted molar refractivity (Wildman–Crippen MR) is 212 cm³/mol. The van der Waals surface area contributed by atoms with Crippen molar-refractivity contribution in [2.45, 2.75) is 0 Å². The summed E-state index contributed by atoms with van der Waals surface area (Å²) in [7, 11) is 0. The molecule has 0 bridgehead atoms. The van der Waals surface area contributed by atoms with Gasteiger partial charge in [0.1, 0.15) is 22.3 Å². The number of benzene rings is 8. The molecule has 0 saturated carbocycles. The van der Waals surface area contributed by atoms with Crippen molar-refractivity contribution < 1.29 is 8.83 Å². The Kier molecular flexibility index (Phi) is 5.96. The molecule has 0 N–H and O–H groups in total. The third kappa shape index (κ3) is 4.25. The fraction of sp³-hybridized carbons (Fsp3) is 0. The molecular formula is C48H29NO2. The Bertz CT molecular complexity index is 2950. The fourth-order valence-corrected chi connectivity index (χ4v) is 8.01. The average Bonchev–Trinajstić information content (AvgIpc) is 3.87. The predicted octanol–water partition coefficient (Wildman–Crippen LogP) is 13.6. The molecule has 11 rings (SSSR count). The SMILES string of the molecule is c1ccc(-c2ccc(-n3c4cc(-c5cccc6c5oc5ccccc56)ccc4c4ccc(-c5cccc6c5oc5ccccc56)cc43)cc2)cc1. The summed E-state index contributed by atoms with van der Waals surface area (Å²) in [4.78, 5) is 0. The van der Waals surface area contributed by atoms with E-state index >= 15 is 0 Å². The van der Waals surface area contributed by atoms with Crippen LogP contribution >= 0.6 is 0 Å². The molecule has 51 heavy (non-hydrogen) atoms. The fourth-order valence-electron chi connectivity index (χ4n) is 8.01. The summed E-state index contributed by atoms with van der Waals surface area (Å²) >= 11 is 0. The summed E-state index contributed by atoms with van der Waals surface area (Å²) in [5, 5.41) is 6.93. The van der Waals surface area contributed by atoms with Gasteiger partial charge in [-0.15, -0.1) is 0 Å². The molecule has 0 aliphatic rings. The third-order valence-electron chi connectivity index (χ3n) is 10.4. The van der Waals surface area contributed by atoms with Crippen LogP contribution in [0.4, 0.5) is 0 Å². The molecule has 0 radical (unpaired) electrons. The van der Waals surface area contributed by atoms with Crippen LogP contribution in [-0.4, -0.2) is 4.57 Å². The van der Waals surface area contributed by atoms with Crippen LogP contribution in [0, 0.1) is 0 Å². The standard InChI is InChI=1S/C48H29NO2/c1-2-10-30(11-3-1)31-20-24-34(25-21-31)49-43-28-32(35-14-8-16-41-39-12-4-6-18-45(39)50-47(35)41)22-26-37(43)38-27-23-33(29-44(38)49)36-15-9-17-42-40-13-5-7-19-46(40)51-48(36)42/h1-29H. The highest BCUT2D eigenvalue weighted by atomic mass is 16.3. The first kappa shape index (κ1) is 28.0. The highest BCUT2D eigenvalue weighted by Gasteiger charge is 2.19. The monoisotopic (exact) mass is 651 g/mol. The molecule has 0 spiro atoms. The van der Waals surface area contributed by atoms with Gasteiger partial charge in [-0.1, -0.05) is 140 Å². The van der Waals surface area contributed by atoms with Gasteiger partial charge in [0, 0.05) is 49.1 Å². The van der Waals surface area contributed by atoms with Crippen LogP contribution in [0.1, 0.15) is 0 Å². The quantitative estimate of drug-likeness (QED) is 0.190. The third-order valence-corrected chi connectivity index (χ3v) is 10.4. The van der Waals surface area contributed by atoms with E-state index in [9.17, 15) is 0 Å². The lowest BCUT2D eigenvalue weighted by Crippen LogP contribution is -1.94. The number of rotatable bonds is 4. The van der Waals surface area contributed by atoms with E-state index in [2.05, 4.69) is 156 Å². The minimum atomic E-state index is 0.903. The van der Waals surface area contributed by atoms with Gasteiger partial charge in [0.15, 0.2) is 0 Å². The molecule has 11 aromatic rings. The zero-order valence-electron chi connectivity index (χ0n) is 27.5. The lowest BCUT2D eigenvalue weighted by molar-refractivity contribution is 0.669. The zero-order chi connectivity index (χ0) is 33.5. The topological polar surface area (TPSA) is 31.2 Å². The lowest BCUT2D eigenvalue weighted by atomic mass is 9.99. The minimum absolute atomic E-state index is 0.903. The molecule has 8 aromatic carbocycles. The van der Waals surface area contributed by atoms with Crippen LogP contribution < -0.4 is 0 Å². The molecule has 0 aliphatic heterocycles. The van der Waals surface area contributed by atoms with E-state index in [1.54, 1.807) is 0 Å². The molecule has 238 valence electrons. The van der Waals surface area contributed by atoms with Crippen molar-refractivity contribution in [3.63, 3.8) is 0 Å². The molecule has 3 heterocycles. The van der Waals surface area contributed by atoms with Crippen molar-refractivity contribution in [2.24, 2.45) is 0 Å². The minimum Gasteiger partial charge on any atom is -0.455 e. The van der Waals surface area contributed by atoms with Gasteiger partial charge < -0.3 is 13.4 Å². The number of hydrogen-bond acceptors (Lipinski definition) is 2. The second-order valence-corrected chi connectivity index (χ2v) is 13.3. The Hall–Kier alpha value is -6.84. The van der Waals surface area contributed by atoms with Crippen molar-refractivity contribution in [1.82, 2.24) is 4.57 Å². The molecule has 0 atom stereocenters. The van der Waals surface area contributed by atoms with Crippen LogP contribution in [0.2, 0.25) is 0 Å². The van der Waals surface area contributed by atoms with Gasteiger partial charge in [-0.2, -0.15) is 0 Å². The van der Waals surface area contributed by atoms with E-state index in [0.717, 1.165) is 82.9 Å². The number of para-hydroxylation sites is 4. The highest BCUT2D eigenvalue weighted by Crippen LogP contribution is 2.42. The maximum absolute atomic E-state index is 6.49. The van der Waals surface area contributed by atoms with E-state index in [0.29, 0.717) is 0 Å². The Balaban J connectivity index is 1.16. The Morgan fingerprint density at radius 1 is 0.314 bits per heavy atom. The maximum Gasteiger partial charge on any atom is 0.143 e. The first-order chi connectivity index (χ1) is 25.3. The Morgan fingerprint density at radius 2 is 0.765 bits per heavy atom. The number of fused-ring (bicyclic) bond motifs is 9. The molecule has 0 amide bonds. The van der Waals surface area contributed by atoms with E-state index in [1.807, 2.05) is 24.3 Å². The second-order valence-electron chi connectivity index (χ2n) is 13.3. The number of nitrogens with zero attached hydrogens (tertiary/aromatic N) is 1.